The monoisotopic (exact) mass is 461 g/mol. The van der Waals surface area contributed by atoms with E-state index in [4.69, 9.17) is 0 Å². The standard InChI is InChI=1S/C24H27F4N5/c1-33(2)22-19-5-3-4-6-21(19)31-23(32-22)30-18-11-9-17(10-12-18)29-14-15-7-8-16(25)13-20(15)24(26,27)28/h3-8,13,17-18,29H,9-12,14H2,1-2H3,(H,30,31,32)/t17-,18+. The molecule has 1 aliphatic carbocycles. The molecule has 33 heavy (non-hydrogen) atoms. The normalized spacial score (nSPS) is 19.0. The van der Waals surface area contributed by atoms with Gasteiger partial charge in [0.1, 0.15) is 11.6 Å². The maximum atomic E-state index is 13.3. The number of hydrogen-bond donors (Lipinski definition) is 2. The van der Waals surface area contributed by atoms with E-state index in [1.54, 1.807) is 0 Å². The van der Waals surface area contributed by atoms with E-state index in [1.807, 2.05) is 43.3 Å². The van der Waals surface area contributed by atoms with Gasteiger partial charge in [0.25, 0.3) is 0 Å². The summed E-state index contributed by atoms with van der Waals surface area (Å²) < 4.78 is 52.9. The Bertz CT molecular complexity index is 1110. The number of fused-ring (bicyclic) bond motifs is 1. The fourth-order valence-electron chi connectivity index (χ4n) is 4.31. The minimum atomic E-state index is -4.58. The molecule has 1 heterocycles. The third-order valence-electron chi connectivity index (χ3n) is 6.03. The van der Waals surface area contributed by atoms with Gasteiger partial charge in [-0.15, -0.1) is 0 Å². The van der Waals surface area contributed by atoms with Crippen molar-refractivity contribution >= 4 is 22.7 Å². The van der Waals surface area contributed by atoms with Crippen LogP contribution in [-0.2, 0) is 12.7 Å². The van der Waals surface area contributed by atoms with Gasteiger partial charge in [-0.1, -0.05) is 18.2 Å². The number of rotatable bonds is 6. The molecule has 1 saturated carbocycles. The number of anilines is 2. The van der Waals surface area contributed by atoms with Crippen molar-refractivity contribution in [2.24, 2.45) is 0 Å². The first-order valence-electron chi connectivity index (χ1n) is 11.0. The Morgan fingerprint density at radius 1 is 0.970 bits per heavy atom. The summed E-state index contributed by atoms with van der Waals surface area (Å²) in [6.07, 6.45) is -1.25. The van der Waals surface area contributed by atoms with E-state index in [0.717, 1.165) is 48.5 Å². The smallest absolute Gasteiger partial charge is 0.362 e. The second-order valence-electron chi connectivity index (χ2n) is 8.66. The van der Waals surface area contributed by atoms with Gasteiger partial charge in [-0.3, -0.25) is 0 Å². The summed E-state index contributed by atoms with van der Waals surface area (Å²) in [5, 5.41) is 7.63. The first kappa shape index (κ1) is 23.2. The number of nitrogens with one attached hydrogen (secondary N) is 2. The summed E-state index contributed by atoms with van der Waals surface area (Å²) in [7, 11) is 3.89. The molecule has 0 spiro atoms. The molecule has 1 aliphatic rings. The highest BCUT2D eigenvalue weighted by Crippen LogP contribution is 2.33. The van der Waals surface area contributed by atoms with Crippen molar-refractivity contribution < 1.29 is 17.6 Å². The largest absolute Gasteiger partial charge is 0.416 e. The molecule has 5 nitrogen and oxygen atoms in total. The zero-order valence-electron chi connectivity index (χ0n) is 18.6. The summed E-state index contributed by atoms with van der Waals surface area (Å²) in [6.45, 7) is 0.0534. The maximum Gasteiger partial charge on any atom is 0.416 e. The van der Waals surface area contributed by atoms with Crippen molar-refractivity contribution in [2.45, 2.75) is 50.5 Å². The predicted molar refractivity (Wildman–Crippen MR) is 122 cm³/mol. The Labute approximate surface area is 190 Å². The molecule has 0 unspecified atom stereocenters. The fraction of sp³-hybridized carbons (Fsp3) is 0.417. The highest BCUT2D eigenvalue weighted by molar-refractivity contribution is 5.90. The SMILES string of the molecule is CN(C)c1nc(N[C@H]2CC[C@@H](NCc3ccc(F)cc3C(F)(F)F)CC2)nc2ccccc12. The lowest BCUT2D eigenvalue weighted by atomic mass is 9.91. The lowest BCUT2D eigenvalue weighted by Crippen LogP contribution is -2.37. The number of alkyl halides is 3. The van der Waals surface area contributed by atoms with Gasteiger partial charge in [-0.05, 0) is 55.5 Å². The molecule has 0 saturated heterocycles. The highest BCUT2D eigenvalue weighted by Gasteiger charge is 2.34. The van der Waals surface area contributed by atoms with Gasteiger partial charge in [-0.25, -0.2) is 9.37 Å². The lowest BCUT2D eigenvalue weighted by molar-refractivity contribution is -0.138. The molecule has 2 N–H and O–H groups in total. The van der Waals surface area contributed by atoms with Gasteiger partial charge in [0.05, 0.1) is 11.1 Å². The number of aromatic nitrogens is 2. The Balaban J connectivity index is 1.36. The van der Waals surface area contributed by atoms with Crippen LogP contribution in [-0.4, -0.2) is 36.1 Å². The van der Waals surface area contributed by atoms with Crippen LogP contribution in [0.3, 0.4) is 0 Å². The van der Waals surface area contributed by atoms with E-state index in [9.17, 15) is 17.6 Å². The molecular weight excluding hydrogens is 434 g/mol. The molecule has 4 rings (SSSR count). The maximum absolute atomic E-state index is 13.3. The van der Waals surface area contributed by atoms with E-state index in [1.165, 1.54) is 6.07 Å². The van der Waals surface area contributed by atoms with Crippen LogP contribution in [0.15, 0.2) is 42.5 Å². The first-order chi connectivity index (χ1) is 15.7. The number of halogens is 4. The molecule has 1 fully saturated rings. The zero-order chi connectivity index (χ0) is 23.6. The second kappa shape index (κ2) is 9.51. The van der Waals surface area contributed by atoms with Crippen LogP contribution in [0.25, 0.3) is 10.9 Å². The molecule has 0 amide bonds. The van der Waals surface area contributed by atoms with Crippen molar-refractivity contribution in [3.8, 4) is 0 Å². The molecular formula is C24H27F4N5. The summed E-state index contributed by atoms with van der Waals surface area (Å²) in [4.78, 5) is 11.3. The molecule has 0 atom stereocenters. The second-order valence-corrected chi connectivity index (χ2v) is 8.66. The quantitative estimate of drug-likeness (QED) is 0.484. The van der Waals surface area contributed by atoms with E-state index < -0.39 is 17.6 Å². The predicted octanol–water partition coefficient (Wildman–Crippen LogP) is 5.37. The van der Waals surface area contributed by atoms with Crippen LogP contribution < -0.4 is 15.5 Å². The minimum absolute atomic E-state index is 0.0534. The first-order valence-corrected chi connectivity index (χ1v) is 11.0. The Hall–Kier alpha value is -2.94. The fourth-order valence-corrected chi connectivity index (χ4v) is 4.31. The van der Waals surface area contributed by atoms with Crippen molar-refractivity contribution in [3.05, 3.63) is 59.4 Å². The van der Waals surface area contributed by atoms with Gasteiger partial charge in [0, 0.05) is 38.1 Å². The third kappa shape index (κ3) is 5.52. The van der Waals surface area contributed by atoms with Gasteiger partial charge < -0.3 is 15.5 Å². The number of para-hydroxylation sites is 1. The van der Waals surface area contributed by atoms with Gasteiger partial charge >= 0.3 is 6.18 Å². The Kier molecular flexibility index (Phi) is 6.69. The van der Waals surface area contributed by atoms with Crippen LogP contribution in [0.5, 0.6) is 0 Å². The highest BCUT2D eigenvalue weighted by atomic mass is 19.4. The summed E-state index contributed by atoms with van der Waals surface area (Å²) >= 11 is 0. The van der Waals surface area contributed by atoms with Crippen molar-refractivity contribution in [3.63, 3.8) is 0 Å². The summed E-state index contributed by atoms with van der Waals surface area (Å²) in [6, 6.07) is 11.0. The number of benzene rings is 2. The third-order valence-corrected chi connectivity index (χ3v) is 6.03. The molecule has 3 aromatic rings. The van der Waals surface area contributed by atoms with E-state index in [2.05, 4.69) is 20.6 Å². The summed E-state index contributed by atoms with van der Waals surface area (Å²) in [5.41, 5.74) is 0.00856. The molecule has 0 aliphatic heterocycles. The molecule has 9 heteroatoms. The molecule has 1 aromatic heterocycles. The van der Waals surface area contributed by atoms with Gasteiger partial charge in [0.15, 0.2) is 0 Å². The van der Waals surface area contributed by atoms with E-state index in [-0.39, 0.29) is 24.2 Å². The van der Waals surface area contributed by atoms with Gasteiger partial charge in [0.2, 0.25) is 5.95 Å². The van der Waals surface area contributed by atoms with Crippen molar-refractivity contribution in [1.82, 2.24) is 15.3 Å². The van der Waals surface area contributed by atoms with Crippen molar-refractivity contribution in [2.75, 3.05) is 24.3 Å². The van der Waals surface area contributed by atoms with Crippen LogP contribution in [0, 0.1) is 5.82 Å². The van der Waals surface area contributed by atoms with Crippen LogP contribution in [0.4, 0.5) is 29.3 Å². The summed E-state index contributed by atoms with van der Waals surface area (Å²) in [5.74, 6) is 0.541. The Morgan fingerprint density at radius 3 is 2.36 bits per heavy atom. The van der Waals surface area contributed by atoms with Crippen LogP contribution in [0.1, 0.15) is 36.8 Å². The molecule has 0 radical (unpaired) electrons. The number of nitrogens with zero attached hydrogens (tertiary/aromatic N) is 3. The van der Waals surface area contributed by atoms with Gasteiger partial charge in [-0.2, -0.15) is 18.2 Å². The van der Waals surface area contributed by atoms with Crippen LogP contribution in [0.2, 0.25) is 0 Å². The van der Waals surface area contributed by atoms with Crippen molar-refractivity contribution in [1.29, 1.82) is 0 Å². The average molecular weight is 462 g/mol. The topological polar surface area (TPSA) is 53.1 Å². The number of hydrogen-bond acceptors (Lipinski definition) is 5. The zero-order valence-corrected chi connectivity index (χ0v) is 18.6. The van der Waals surface area contributed by atoms with E-state index >= 15 is 0 Å². The average Bonchev–Trinajstić information content (AvgIpc) is 2.78. The van der Waals surface area contributed by atoms with E-state index in [0.29, 0.717) is 12.0 Å². The lowest BCUT2D eigenvalue weighted by Gasteiger charge is -2.30. The Morgan fingerprint density at radius 2 is 1.67 bits per heavy atom. The van der Waals surface area contributed by atoms with Crippen LogP contribution >= 0.6 is 0 Å². The minimum Gasteiger partial charge on any atom is -0.362 e. The molecule has 2 aromatic carbocycles. The molecule has 176 valence electrons. The molecule has 0 bridgehead atoms.